The van der Waals surface area contributed by atoms with Gasteiger partial charge in [-0.25, -0.2) is 0 Å². The van der Waals surface area contributed by atoms with Gasteiger partial charge in [0.25, 0.3) is 11.7 Å². The van der Waals surface area contributed by atoms with Crippen LogP contribution in [0.3, 0.4) is 0 Å². The Morgan fingerprint density at radius 2 is 1.73 bits per heavy atom. The highest BCUT2D eigenvalue weighted by atomic mass is 79.9. The van der Waals surface area contributed by atoms with Crippen molar-refractivity contribution in [1.82, 2.24) is 9.88 Å². The lowest BCUT2D eigenvalue weighted by atomic mass is 9.95. The Morgan fingerprint density at radius 3 is 2.46 bits per heavy atom. The van der Waals surface area contributed by atoms with Crippen molar-refractivity contribution in [2.75, 3.05) is 20.8 Å². The molecule has 1 atom stereocenters. The van der Waals surface area contributed by atoms with Crippen LogP contribution in [-0.4, -0.2) is 47.4 Å². The van der Waals surface area contributed by atoms with Gasteiger partial charge in [0, 0.05) is 33.7 Å². The standard InChI is InChI=1S/C29H25BrN2O5/c1-36-21-5-3-4-18(14-21)26-25(27(33)17-6-8-20(30)9-7-17)28(34)29(35)32(26)13-12-19-16-31-24-11-10-22(37-2)15-23(19)24/h3-11,14-16,26,31,33H,12-13H2,1-2H3/t26-/m0/s1. The van der Waals surface area contributed by atoms with Crippen LogP contribution in [0.25, 0.3) is 16.7 Å². The van der Waals surface area contributed by atoms with E-state index in [9.17, 15) is 14.7 Å². The number of aromatic amines is 1. The van der Waals surface area contributed by atoms with Gasteiger partial charge in [-0.15, -0.1) is 0 Å². The first kappa shape index (κ1) is 24.6. The number of Topliss-reactive ketones (excluding diaryl/α,β-unsaturated/α-hetero) is 1. The highest BCUT2D eigenvalue weighted by Gasteiger charge is 2.46. The molecule has 2 heterocycles. The summed E-state index contributed by atoms with van der Waals surface area (Å²) in [6, 6.07) is 19.2. The van der Waals surface area contributed by atoms with Crippen molar-refractivity contribution in [3.05, 3.63) is 99.7 Å². The van der Waals surface area contributed by atoms with Crippen LogP contribution in [0.1, 0.15) is 22.7 Å². The predicted octanol–water partition coefficient (Wildman–Crippen LogP) is 5.61. The van der Waals surface area contributed by atoms with Crippen molar-refractivity contribution in [3.63, 3.8) is 0 Å². The molecule has 188 valence electrons. The number of nitrogens with one attached hydrogen (secondary N) is 1. The molecule has 3 aromatic carbocycles. The van der Waals surface area contributed by atoms with E-state index in [0.29, 0.717) is 23.3 Å². The van der Waals surface area contributed by atoms with Gasteiger partial charge in [-0.05, 0) is 60.0 Å². The van der Waals surface area contributed by atoms with Gasteiger partial charge in [-0.2, -0.15) is 0 Å². The molecule has 1 amide bonds. The summed E-state index contributed by atoms with van der Waals surface area (Å²) >= 11 is 3.39. The van der Waals surface area contributed by atoms with E-state index in [-0.39, 0.29) is 17.9 Å². The number of amides is 1. The molecule has 1 aliphatic rings. The largest absolute Gasteiger partial charge is 0.507 e. The minimum absolute atomic E-state index is 0.0566. The Hall–Kier alpha value is -4.04. The lowest BCUT2D eigenvalue weighted by Crippen LogP contribution is -2.31. The highest BCUT2D eigenvalue weighted by Crippen LogP contribution is 2.40. The van der Waals surface area contributed by atoms with Crippen LogP contribution >= 0.6 is 15.9 Å². The van der Waals surface area contributed by atoms with Crippen LogP contribution < -0.4 is 9.47 Å². The second-order valence-corrected chi connectivity index (χ2v) is 9.67. The van der Waals surface area contributed by atoms with Gasteiger partial charge >= 0.3 is 0 Å². The SMILES string of the molecule is COc1cccc([C@H]2C(=C(O)c3ccc(Br)cc3)C(=O)C(=O)N2CCc2c[nH]c3ccc(OC)cc23)c1. The maximum absolute atomic E-state index is 13.3. The molecule has 8 heteroatoms. The molecule has 5 rings (SSSR count). The summed E-state index contributed by atoms with van der Waals surface area (Å²) in [5.41, 5.74) is 3.14. The topological polar surface area (TPSA) is 91.9 Å². The zero-order chi connectivity index (χ0) is 26.1. The first-order valence-corrected chi connectivity index (χ1v) is 12.5. The van der Waals surface area contributed by atoms with Gasteiger partial charge in [0.2, 0.25) is 0 Å². The number of aliphatic hydroxyl groups is 1. The zero-order valence-corrected chi connectivity index (χ0v) is 21.9. The van der Waals surface area contributed by atoms with E-state index in [1.165, 1.54) is 4.90 Å². The molecule has 37 heavy (non-hydrogen) atoms. The molecule has 0 aliphatic carbocycles. The number of H-pyrrole nitrogens is 1. The summed E-state index contributed by atoms with van der Waals surface area (Å²) in [6.07, 6.45) is 2.40. The summed E-state index contributed by atoms with van der Waals surface area (Å²) < 4.78 is 11.6. The normalized spacial score (nSPS) is 16.9. The van der Waals surface area contributed by atoms with E-state index in [1.54, 1.807) is 56.7 Å². The van der Waals surface area contributed by atoms with Crippen LogP contribution in [-0.2, 0) is 16.0 Å². The first-order chi connectivity index (χ1) is 17.9. The molecule has 1 aromatic heterocycles. The number of carbonyl (C=O) groups excluding carboxylic acids is 2. The Morgan fingerprint density at radius 1 is 1.00 bits per heavy atom. The number of carbonyl (C=O) groups is 2. The number of nitrogens with zero attached hydrogens (tertiary/aromatic N) is 1. The Bertz CT molecular complexity index is 1520. The molecule has 7 nitrogen and oxygen atoms in total. The maximum atomic E-state index is 13.3. The van der Waals surface area contributed by atoms with Crippen molar-refractivity contribution in [2.45, 2.75) is 12.5 Å². The third-order valence-corrected chi connectivity index (χ3v) is 7.19. The summed E-state index contributed by atoms with van der Waals surface area (Å²) in [7, 11) is 3.18. The van der Waals surface area contributed by atoms with Crippen molar-refractivity contribution in [3.8, 4) is 11.5 Å². The van der Waals surface area contributed by atoms with Gasteiger partial charge < -0.3 is 24.5 Å². The predicted molar refractivity (Wildman–Crippen MR) is 145 cm³/mol. The average Bonchev–Trinajstić information content (AvgIpc) is 3.44. The summed E-state index contributed by atoms with van der Waals surface area (Å²) in [5.74, 6) is -0.245. The Labute approximate surface area is 222 Å². The van der Waals surface area contributed by atoms with Gasteiger partial charge in [0.15, 0.2) is 0 Å². The number of methoxy groups -OCH3 is 2. The van der Waals surface area contributed by atoms with E-state index in [4.69, 9.17) is 9.47 Å². The second-order valence-electron chi connectivity index (χ2n) is 8.75. The summed E-state index contributed by atoms with van der Waals surface area (Å²) in [5, 5.41) is 12.2. The van der Waals surface area contributed by atoms with E-state index < -0.39 is 17.7 Å². The minimum Gasteiger partial charge on any atom is -0.507 e. The quantitative estimate of drug-likeness (QED) is 0.174. The Balaban J connectivity index is 1.56. The highest BCUT2D eigenvalue weighted by molar-refractivity contribution is 9.10. The molecule has 0 bridgehead atoms. The monoisotopic (exact) mass is 560 g/mol. The van der Waals surface area contributed by atoms with Gasteiger partial charge in [-0.3, -0.25) is 9.59 Å². The average molecular weight is 561 g/mol. The van der Waals surface area contributed by atoms with E-state index in [2.05, 4.69) is 20.9 Å². The number of hydrogen-bond donors (Lipinski definition) is 2. The lowest BCUT2D eigenvalue weighted by Gasteiger charge is -2.25. The van der Waals surface area contributed by atoms with Gasteiger partial charge in [-0.1, -0.05) is 40.2 Å². The molecule has 1 saturated heterocycles. The van der Waals surface area contributed by atoms with E-state index in [1.807, 2.05) is 30.5 Å². The number of fused-ring (bicyclic) bond motifs is 1. The first-order valence-electron chi connectivity index (χ1n) is 11.7. The molecule has 0 radical (unpaired) electrons. The fourth-order valence-corrected chi connectivity index (χ4v) is 5.03. The lowest BCUT2D eigenvalue weighted by molar-refractivity contribution is -0.139. The number of aromatic nitrogens is 1. The van der Waals surface area contributed by atoms with Crippen LogP contribution in [0.4, 0.5) is 0 Å². The molecule has 0 saturated carbocycles. The molecule has 1 fully saturated rings. The van der Waals surface area contributed by atoms with Gasteiger partial charge in [0.1, 0.15) is 17.3 Å². The molecule has 2 N–H and O–H groups in total. The number of likely N-dealkylation sites (tertiary alicyclic amines) is 1. The number of rotatable bonds is 7. The number of benzene rings is 3. The minimum atomic E-state index is -0.765. The smallest absolute Gasteiger partial charge is 0.295 e. The molecule has 1 aliphatic heterocycles. The Kier molecular flexibility index (Phi) is 6.76. The number of ketones is 1. The third kappa shape index (κ3) is 4.60. The van der Waals surface area contributed by atoms with E-state index >= 15 is 0 Å². The molecule has 4 aromatic rings. The van der Waals surface area contributed by atoms with Crippen molar-refractivity contribution < 1.29 is 24.2 Å². The molecule has 0 unspecified atom stereocenters. The molecular weight excluding hydrogens is 536 g/mol. The fourth-order valence-electron chi connectivity index (χ4n) is 4.76. The number of halogens is 1. The second kappa shape index (κ2) is 10.1. The number of ether oxygens (including phenoxy) is 2. The van der Waals surface area contributed by atoms with Crippen LogP contribution in [0, 0.1) is 0 Å². The molecule has 0 spiro atoms. The van der Waals surface area contributed by atoms with Crippen LogP contribution in [0.2, 0.25) is 0 Å². The number of hydrogen-bond acceptors (Lipinski definition) is 5. The summed E-state index contributed by atoms with van der Waals surface area (Å²) in [4.78, 5) is 31.4. The van der Waals surface area contributed by atoms with Crippen molar-refractivity contribution in [2.24, 2.45) is 0 Å². The van der Waals surface area contributed by atoms with Crippen LogP contribution in [0.5, 0.6) is 11.5 Å². The number of aliphatic hydroxyl groups excluding tert-OH is 1. The third-order valence-electron chi connectivity index (χ3n) is 6.66. The maximum Gasteiger partial charge on any atom is 0.295 e. The zero-order valence-electron chi connectivity index (χ0n) is 20.3. The summed E-state index contributed by atoms with van der Waals surface area (Å²) in [6.45, 7) is 0.272. The van der Waals surface area contributed by atoms with Gasteiger partial charge in [0.05, 0.1) is 25.8 Å². The van der Waals surface area contributed by atoms with Crippen molar-refractivity contribution >= 4 is 44.3 Å². The van der Waals surface area contributed by atoms with E-state index in [0.717, 1.165) is 26.7 Å². The van der Waals surface area contributed by atoms with Crippen LogP contribution in [0.15, 0.2) is 83.0 Å². The van der Waals surface area contributed by atoms with Crippen molar-refractivity contribution in [1.29, 1.82) is 0 Å². The molecular formula is C29H25BrN2O5. The fraction of sp³-hybridized carbons (Fsp3) is 0.172.